The first-order chi connectivity index (χ1) is 12.7. The number of hydrogen-bond acceptors (Lipinski definition) is 5. The molecule has 1 aromatic heterocycles. The molecule has 4 rings (SSSR count). The molecule has 1 aromatic carbocycles. The van der Waals surface area contributed by atoms with Crippen LogP contribution in [0.1, 0.15) is 19.3 Å². The summed E-state index contributed by atoms with van der Waals surface area (Å²) in [7, 11) is 0. The smallest absolute Gasteiger partial charge is 0.237 e. The maximum absolute atomic E-state index is 12.5. The van der Waals surface area contributed by atoms with Crippen molar-refractivity contribution in [1.29, 1.82) is 5.26 Å². The van der Waals surface area contributed by atoms with Crippen LogP contribution >= 0.6 is 0 Å². The van der Waals surface area contributed by atoms with Crippen molar-refractivity contribution in [3.8, 4) is 6.07 Å². The topological polar surface area (TPSA) is 72.3 Å². The van der Waals surface area contributed by atoms with Crippen LogP contribution in [0.4, 0.5) is 5.69 Å². The molecule has 2 aromatic rings. The van der Waals surface area contributed by atoms with E-state index in [1.54, 1.807) is 4.90 Å². The zero-order valence-electron chi connectivity index (χ0n) is 14.8. The number of nitrogens with zero attached hydrogens (tertiary/aromatic N) is 4. The number of carbonyl (C=O) groups is 1. The quantitative estimate of drug-likeness (QED) is 0.916. The van der Waals surface area contributed by atoms with Crippen molar-refractivity contribution in [2.45, 2.75) is 31.3 Å². The van der Waals surface area contributed by atoms with Crippen molar-refractivity contribution in [2.24, 2.45) is 0 Å². The van der Waals surface area contributed by atoms with Gasteiger partial charge in [-0.3, -0.25) is 14.7 Å². The Morgan fingerprint density at radius 2 is 2.15 bits per heavy atom. The van der Waals surface area contributed by atoms with Crippen LogP contribution in [-0.4, -0.2) is 59.0 Å². The third kappa shape index (κ3) is 3.35. The molecule has 2 fully saturated rings. The maximum atomic E-state index is 12.5. The van der Waals surface area contributed by atoms with Gasteiger partial charge in [-0.15, -0.1) is 0 Å². The predicted octanol–water partition coefficient (Wildman–Crippen LogP) is 2.24. The average Bonchev–Trinajstić information content (AvgIpc) is 3.31. The van der Waals surface area contributed by atoms with E-state index in [9.17, 15) is 4.79 Å². The summed E-state index contributed by atoms with van der Waals surface area (Å²) in [6.45, 7) is 2.87. The molecule has 134 valence electrons. The standard InChI is InChI=1S/C20H23N5O/c21-12-16-4-3-10-25(16)20(26)14-24-11-8-15(13-24)23-19-7-9-22-18-6-2-1-5-17(18)19/h1-2,5-7,9,15-16H,3-4,8,10-11,13-14H2,(H,22,23)/t15-,16?/m0/s1. The molecule has 2 aliphatic rings. The third-order valence-electron chi connectivity index (χ3n) is 5.36. The number of carbonyl (C=O) groups excluding carboxylic acids is 1. The van der Waals surface area contributed by atoms with Crippen molar-refractivity contribution in [3.05, 3.63) is 36.5 Å². The summed E-state index contributed by atoms with van der Waals surface area (Å²) in [4.78, 5) is 20.9. The van der Waals surface area contributed by atoms with Crippen molar-refractivity contribution in [1.82, 2.24) is 14.8 Å². The van der Waals surface area contributed by atoms with Crippen LogP contribution in [0.25, 0.3) is 10.9 Å². The number of pyridine rings is 1. The van der Waals surface area contributed by atoms with Gasteiger partial charge in [-0.05, 0) is 31.4 Å². The highest BCUT2D eigenvalue weighted by molar-refractivity contribution is 5.91. The van der Waals surface area contributed by atoms with Gasteiger partial charge < -0.3 is 10.2 Å². The first kappa shape index (κ1) is 16.8. The van der Waals surface area contributed by atoms with Crippen LogP contribution in [0.3, 0.4) is 0 Å². The number of fused-ring (bicyclic) bond motifs is 1. The van der Waals surface area contributed by atoms with E-state index in [-0.39, 0.29) is 11.9 Å². The SMILES string of the molecule is N#CC1CCCN1C(=O)CN1CC[C@H](Nc2ccnc3ccccc23)C1. The number of anilines is 1. The lowest BCUT2D eigenvalue weighted by atomic mass is 10.1. The second kappa shape index (κ2) is 7.30. The normalized spacial score (nSPS) is 23.3. The highest BCUT2D eigenvalue weighted by Gasteiger charge is 2.31. The Labute approximate surface area is 153 Å². The summed E-state index contributed by atoms with van der Waals surface area (Å²) >= 11 is 0. The molecule has 0 saturated carbocycles. The van der Waals surface area contributed by atoms with E-state index in [2.05, 4.69) is 27.3 Å². The Kier molecular flexibility index (Phi) is 4.72. The molecule has 0 aliphatic carbocycles. The summed E-state index contributed by atoms with van der Waals surface area (Å²) in [6.07, 6.45) is 4.58. The molecule has 0 spiro atoms. The van der Waals surface area contributed by atoms with Gasteiger partial charge in [0.25, 0.3) is 0 Å². The Balaban J connectivity index is 1.37. The number of aromatic nitrogens is 1. The molecule has 6 nitrogen and oxygen atoms in total. The van der Waals surface area contributed by atoms with E-state index in [1.165, 1.54) is 0 Å². The minimum atomic E-state index is -0.234. The Morgan fingerprint density at radius 1 is 1.27 bits per heavy atom. The van der Waals surface area contributed by atoms with E-state index in [0.717, 1.165) is 55.5 Å². The fourth-order valence-electron chi connectivity index (χ4n) is 4.02. The number of rotatable bonds is 4. The summed E-state index contributed by atoms with van der Waals surface area (Å²) in [5.41, 5.74) is 2.08. The number of amides is 1. The van der Waals surface area contributed by atoms with Gasteiger partial charge in [0, 0.05) is 42.9 Å². The molecular formula is C20H23N5O. The molecule has 1 amide bonds. The highest BCUT2D eigenvalue weighted by atomic mass is 16.2. The lowest BCUT2D eigenvalue weighted by Gasteiger charge is -2.23. The molecule has 26 heavy (non-hydrogen) atoms. The van der Waals surface area contributed by atoms with Crippen LogP contribution in [0, 0.1) is 11.3 Å². The molecule has 6 heteroatoms. The van der Waals surface area contributed by atoms with E-state index >= 15 is 0 Å². The summed E-state index contributed by atoms with van der Waals surface area (Å²) in [5, 5.41) is 13.9. The molecule has 1 N–H and O–H groups in total. The number of benzene rings is 1. The van der Waals surface area contributed by atoms with Crippen molar-refractivity contribution < 1.29 is 4.79 Å². The molecule has 1 unspecified atom stereocenters. The van der Waals surface area contributed by atoms with Gasteiger partial charge in [0.1, 0.15) is 6.04 Å². The second-order valence-electron chi connectivity index (χ2n) is 7.11. The molecule has 0 bridgehead atoms. The van der Waals surface area contributed by atoms with Crippen molar-refractivity contribution in [2.75, 3.05) is 31.5 Å². The van der Waals surface area contributed by atoms with Crippen LogP contribution in [0.5, 0.6) is 0 Å². The zero-order valence-corrected chi connectivity index (χ0v) is 14.8. The first-order valence-electron chi connectivity index (χ1n) is 9.26. The summed E-state index contributed by atoms with van der Waals surface area (Å²) < 4.78 is 0. The van der Waals surface area contributed by atoms with Crippen molar-refractivity contribution >= 4 is 22.5 Å². The fourth-order valence-corrected chi connectivity index (χ4v) is 4.02. The second-order valence-corrected chi connectivity index (χ2v) is 7.11. The molecule has 0 radical (unpaired) electrons. The van der Waals surface area contributed by atoms with Gasteiger partial charge in [0.05, 0.1) is 18.1 Å². The predicted molar refractivity (Wildman–Crippen MR) is 101 cm³/mol. The van der Waals surface area contributed by atoms with Gasteiger partial charge in [0.2, 0.25) is 5.91 Å². The lowest BCUT2D eigenvalue weighted by molar-refractivity contribution is -0.132. The van der Waals surface area contributed by atoms with Gasteiger partial charge in [-0.1, -0.05) is 18.2 Å². The number of likely N-dealkylation sites (tertiary alicyclic amines) is 2. The number of nitrogens with one attached hydrogen (secondary N) is 1. The first-order valence-corrected chi connectivity index (χ1v) is 9.26. The molecular weight excluding hydrogens is 326 g/mol. The number of para-hydroxylation sites is 1. The van der Waals surface area contributed by atoms with Gasteiger partial charge in [-0.25, -0.2) is 0 Å². The van der Waals surface area contributed by atoms with Crippen LogP contribution in [-0.2, 0) is 4.79 Å². The maximum Gasteiger partial charge on any atom is 0.237 e. The van der Waals surface area contributed by atoms with E-state index in [1.807, 2.05) is 30.5 Å². The monoisotopic (exact) mass is 349 g/mol. The van der Waals surface area contributed by atoms with Gasteiger partial charge >= 0.3 is 0 Å². The minimum absolute atomic E-state index is 0.0871. The Hall–Kier alpha value is -2.65. The zero-order chi connectivity index (χ0) is 17.9. The average molecular weight is 349 g/mol. The van der Waals surface area contributed by atoms with Gasteiger partial charge in [0.15, 0.2) is 0 Å². The summed E-state index contributed by atoms with van der Waals surface area (Å²) in [5.74, 6) is 0.0871. The fraction of sp³-hybridized carbons (Fsp3) is 0.450. The van der Waals surface area contributed by atoms with Gasteiger partial charge in [-0.2, -0.15) is 5.26 Å². The minimum Gasteiger partial charge on any atom is -0.380 e. The molecule has 2 saturated heterocycles. The number of nitriles is 1. The third-order valence-corrected chi connectivity index (χ3v) is 5.36. The highest BCUT2D eigenvalue weighted by Crippen LogP contribution is 2.24. The van der Waals surface area contributed by atoms with Crippen LogP contribution in [0.2, 0.25) is 0 Å². The van der Waals surface area contributed by atoms with E-state index < -0.39 is 0 Å². The largest absolute Gasteiger partial charge is 0.380 e. The summed E-state index contributed by atoms with van der Waals surface area (Å²) in [6, 6.07) is 12.5. The van der Waals surface area contributed by atoms with Crippen LogP contribution < -0.4 is 5.32 Å². The van der Waals surface area contributed by atoms with E-state index in [4.69, 9.17) is 5.26 Å². The van der Waals surface area contributed by atoms with Crippen molar-refractivity contribution in [3.63, 3.8) is 0 Å². The van der Waals surface area contributed by atoms with E-state index in [0.29, 0.717) is 12.6 Å². The Bertz CT molecular complexity index is 840. The molecule has 2 atom stereocenters. The number of hydrogen-bond donors (Lipinski definition) is 1. The Morgan fingerprint density at radius 3 is 3.04 bits per heavy atom. The molecule has 2 aliphatic heterocycles. The lowest BCUT2D eigenvalue weighted by Crippen LogP contribution is -2.42. The molecule has 3 heterocycles. The van der Waals surface area contributed by atoms with Crippen LogP contribution in [0.15, 0.2) is 36.5 Å².